The molecule has 150 valence electrons. The number of aryl methyl sites for hydroxylation is 1. The van der Waals surface area contributed by atoms with Crippen LogP contribution in [0, 0.1) is 6.92 Å². The molecule has 2 heterocycles. The smallest absolute Gasteiger partial charge is 0.276 e. The Kier molecular flexibility index (Phi) is 5.35. The molecule has 27 heavy (non-hydrogen) atoms. The predicted molar refractivity (Wildman–Crippen MR) is 98.7 cm³/mol. The van der Waals surface area contributed by atoms with E-state index in [9.17, 15) is 8.42 Å². The van der Waals surface area contributed by atoms with E-state index in [0.717, 1.165) is 5.56 Å². The molecule has 2 aliphatic heterocycles. The summed E-state index contributed by atoms with van der Waals surface area (Å²) in [6, 6.07) is 6.51. The lowest BCUT2D eigenvalue weighted by Crippen LogP contribution is -2.39. The van der Waals surface area contributed by atoms with Crippen LogP contribution in [0.1, 0.15) is 33.3 Å². The molecule has 0 bridgehead atoms. The van der Waals surface area contributed by atoms with Crippen molar-refractivity contribution in [3.63, 3.8) is 0 Å². The van der Waals surface area contributed by atoms with Gasteiger partial charge in [-0.25, -0.2) is 4.83 Å². The van der Waals surface area contributed by atoms with Crippen molar-refractivity contribution in [1.82, 2.24) is 4.83 Å². The van der Waals surface area contributed by atoms with Crippen molar-refractivity contribution in [3.05, 3.63) is 29.8 Å². The molecule has 0 radical (unpaired) electrons. The van der Waals surface area contributed by atoms with Crippen molar-refractivity contribution >= 4 is 16.2 Å². The molecule has 9 heteroatoms. The van der Waals surface area contributed by atoms with Crippen LogP contribution in [0.4, 0.5) is 0 Å². The summed E-state index contributed by atoms with van der Waals surface area (Å²) in [7, 11) is -3.75. The number of hydrogen-bond acceptors (Lipinski definition) is 7. The van der Waals surface area contributed by atoms with Gasteiger partial charge >= 0.3 is 0 Å². The maximum absolute atomic E-state index is 12.3. The largest absolute Gasteiger partial charge is 0.348 e. The van der Waals surface area contributed by atoms with Gasteiger partial charge in [0, 0.05) is 0 Å². The summed E-state index contributed by atoms with van der Waals surface area (Å²) in [6.07, 6.45) is 0.00405. The minimum absolute atomic E-state index is 0.139. The predicted octanol–water partition coefficient (Wildman–Crippen LogP) is 1.93. The monoisotopic (exact) mass is 398 g/mol. The van der Waals surface area contributed by atoms with E-state index < -0.39 is 33.8 Å². The van der Waals surface area contributed by atoms with Crippen LogP contribution in [-0.4, -0.2) is 51.1 Å². The van der Waals surface area contributed by atoms with E-state index in [-0.39, 0.29) is 11.0 Å². The molecule has 0 aromatic heterocycles. The van der Waals surface area contributed by atoms with Crippen LogP contribution in [0.15, 0.2) is 34.3 Å². The van der Waals surface area contributed by atoms with Crippen LogP contribution >= 0.6 is 0 Å². The molecular formula is C18H26N2O6S. The van der Waals surface area contributed by atoms with Crippen LogP contribution in [-0.2, 0) is 29.0 Å². The standard InChI is InChI=1S/C18H26N2O6S/c1-12-6-8-13(9-7-12)27(21,22)20-19-10-14-16(26-18(4,5)24-14)15-11-23-17(2,3)25-15/h6-10,14-16,20H,11H2,1-5H3/b19-10+/t14-,15+,16-/m0/s1. The van der Waals surface area contributed by atoms with Gasteiger partial charge in [0.25, 0.3) is 10.0 Å². The van der Waals surface area contributed by atoms with Gasteiger partial charge in [0.05, 0.1) is 17.7 Å². The average molecular weight is 398 g/mol. The highest BCUT2D eigenvalue weighted by atomic mass is 32.2. The fourth-order valence-electron chi connectivity index (χ4n) is 3.04. The highest BCUT2D eigenvalue weighted by Gasteiger charge is 2.49. The third-order valence-electron chi connectivity index (χ3n) is 4.29. The normalized spacial score (nSPS) is 30.0. The molecule has 0 aliphatic carbocycles. The van der Waals surface area contributed by atoms with E-state index in [1.807, 2.05) is 20.8 Å². The van der Waals surface area contributed by atoms with Crippen LogP contribution in [0.25, 0.3) is 0 Å². The fraction of sp³-hybridized carbons (Fsp3) is 0.611. The number of sulfonamides is 1. The summed E-state index contributed by atoms with van der Waals surface area (Å²) in [5.74, 6) is -1.54. The molecule has 8 nitrogen and oxygen atoms in total. The van der Waals surface area contributed by atoms with Crippen molar-refractivity contribution < 1.29 is 27.4 Å². The Labute approximate surface area is 159 Å². The highest BCUT2D eigenvalue weighted by molar-refractivity contribution is 7.89. The minimum Gasteiger partial charge on any atom is -0.348 e. The summed E-state index contributed by atoms with van der Waals surface area (Å²) in [5.41, 5.74) is 0.973. The lowest BCUT2D eigenvalue weighted by atomic mass is 10.1. The van der Waals surface area contributed by atoms with Gasteiger partial charge in [0.15, 0.2) is 11.6 Å². The molecule has 0 amide bonds. The lowest BCUT2D eigenvalue weighted by molar-refractivity contribution is -0.174. The van der Waals surface area contributed by atoms with Crippen molar-refractivity contribution in [2.75, 3.05) is 6.61 Å². The number of benzene rings is 1. The first-order valence-electron chi connectivity index (χ1n) is 8.77. The SMILES string of the molecule is Cc1ccc(S(=O)(=O)N/N=C/[C@@H]2OC(C)(C)O[C@@H]2[C@H]2COC(C)(C)O2)cc1. The quantitative estimate of drug-likeness (QED) is 0.602. The molecule has 2 aliphatic rings. The van der Waals surface area contributed by atoms with Crippen molar-refractivity contribution in [2.45, 2.75) is 69.4 Å². The van der Waals surface area contributed by atoms with Crippen molar-refractivity contribution in [1.29, 1.82) is 0 Å². The second-order valence-electron chi connectivity index (χ2n) is 7.62. The maximum Gasteiger partial charge on any atom is 0.276 e. The van der Waals surface area contributed by atoms with Crippen LogP contribution < -0.4 is 4.83 Å². The van der Waals surface area contributed by atoms with Gasteiger partial charge in [0.1, 0.15) is 18.3 Å². The van der Waals surface area contributed by atoms with Crippen LogP contribution in [0.5, 0.6) is 0 Å². The molecule has 0 saturated carbocycles. The summed E-state index contributed by atoms with van der Waals surface area (Å²) >= 11 is 0. The fourth-order valence-corrected chi connectivity index (χ4v) is 3.84. The van der Waals surface area contributed by atoms with E-state index >= 15 is 0 Å². The molecular weight excluding hydrogens is 372 g/mol. The second-order valence-corrected chi connectivity index (χ2v) is 9.28. The molecule has 0 spiro atoms. The maximum atomic E-state index is 12.3. The lowest BCUT2D eigenvalue weighted by Gasteiger charge is -2.22. The zero-order valence-electron chi connectivity index (χ0n) is 16.1. The van der Waals surface area contributed by atoms with Gasteiger partial charge in [-0.15, -0.1) is 0 Å². The van der Waals surface area contributed by atoms with E-state index in [1.54, 1.807) is 26.0 Å². The third kappa shape index (κ3) is 4.85. The Balaban J connectivity index is 1.69. The Morgan fingerprint density at radius 2 is 1.74 bits per heavy atom. The van der Waals surface area contributed by atoms with Gasteiger partial charge in [-0.05, 0) is 46.8 Å². The molecule has 3 atom stereocenters. The third-order valence-corrected chi connectivity index (χ3v) is 5.52. The Morgan fingerprint density at radius 1 is 1.07 bits per heavy atom. The first-order valence-corrected chi connectivity index (χ1v) is 10.2. The van der Waals surface area contributed by atoms with E-state index in [4.69, 9.17) is 18.9 Å². The minimum atomic E-state index is -3.75. The Hall–Kier alpha value is -1.52. The number of ether oxygens (including phenoxy) is 4. The Morgan fingerprint density at radius 3 is 2.33 bits per heavy atom. The number of hydrazone groups is 1. The van der Waals surface area contributed by atoms with E-state index in [2.05, 4.69) is 9.93 Å². The van der Waals surface area contributed by atoms with Crippen LogP contribution in [0.3, 0.4) is 0 Å². The average Bonchev–Trinajstić information content (AvgIpc) is 3.06. The topological polar surface area (TPSA) is 95.5 Å². The molecule has 2 saturated heterocycles. The van der Waals surface area contributed by atoms with Gasteiger partial charge in [-0.1, -0.05) is 17.7 Å². The number of rotatable bonds is 5. The number of nitrogens with one attached hydrogen (secondary N) is 1. The van der Waals surface area contributed by atoms with Crippen molar-refractivity contribution in [2.24, 2.45) is 5.10 Å². The van der Waals surface area contributed by atoms with Gasteiger partial charge in [0.2, 0.25) is 0 Å². The van der Waals surface area contributed by atoms with E-state index in [1.165, 1.54) is 18.3 Å². The molecule has 3 rings (SSSR count). The van der Waals surface area contributed by atoms with Crippen LogP contribution in [0.2, 0.25) is 0 Å². The molecule has 1 aromatic carbocycles. The van der Waals surface area contributed by atoms with Gasteiger partial charge < -0.3 is 18.9 Å². The second kappa shape index (κ2) is 7.14. The summed E-state index contributed by atoms with van der Waals surface area (Å²) in [5, 5.41) is 3.88. The number of nitrogens with zero attached hydrogens (tertiary/aromatic N) is 1. The van der Waals surface area contributed by atoms with Gasteiger partial charge in [-0.3, -0.25) is 0 Å². The summed E-state index contributed by atoms with van der Waals surface area (Å²) in [6.45, 7) is 9.46. The summed E-state index contributed by atoms with van der Waals surface area (Å²) < 4.78 is 47.9. The highest BCUT2D eigenvalue weighted by Crippen LogP contribution is 2.34. The number of hydrogen-bond donors (Lipinski definition) is 1. The van der Waals surface area contributed by atoms with Gasteiger partial charge in [-0.2, -0.15) is 13.5 Å². The molecule has 0 unspecified atom stereocenters. The first-order chi connectivity index (χ1) is 12.5. The molecule has 1 N–H and O–H groups in total. The first kappa shape index (κ1) is 20.2. The zero-order valence-corrected chi connectivity index (χ0v) is 16.9. The van der Waals surface area contributed by atoms with Crippen molar-refractivity contribution in [3.8, 4) is 0 Å². The molecule has 2 fully saturated rings. The zero-order chi connectivity index (χ0) is 19.9. The molecule has 1 aromatic rings. The van der Waals surface area contributed by atoms with E-state index in [0.29, 0.717) is 6.61 Å². The summed E-state index contributed by atoms with van der Waals surface area (Å²) in [4.78, 5) is 2.35. The Bertz CT molecular complexity index is 804.